The van der Waals surface area contributed by atoms with E-state index in [0.717, 1.165) is 38.4 Å². The second kappa shape index (κ2) is 10.1. The second-order valence-electron chi connectivity index (χ2n) is 8.70. The number of nitrogens with one attached hydrogen (secondary N) is 1. The molecule has 4 aromatic rings. The summed E-state index contributed by atoms with van der Waals surface area (Å²) in [6, 6.07) is 20.6. The summed E-state index contributed by atoms with van der Waals surface area (Å²) in [6.07, 6.45) is 0. The van der Waals surface area contributed by atoms with E-state index >= 15 is 0 Å². The van der Waals surface area contributed by atoms with Crippen LogP contribution in [-0.2, 0) is 29.7 Å². The lowest BCUT2D eigenvalue weighted by Crippen LogP contribution is -2.43. The van der Waals surface area contributed by atoms with Crippen LogP contribution < -0.4 is 10.1 Å². The fourth-order valence-corrected chi connectivity index (χ4v) is 5.71. The van der Waals surface area contributed by atoms with Gasteiger partial charge in [0.2, 0.25) is 11.8 Å². The van der Waals surface area contributed by atoms with E-state index in [4.69, 9.17) is 4.74 Å². The zero-order valence-corrected chi connectivity index (χ0v) is 20.8. The number of benzene rings is 3. The zero-order chi connectivity index (χ0) is 25.2. The van der Waals surface area contributed by atoms with Gasteiger partial charge in [-0.1, -0.05) is 54.2 Å². The highest BCUT2D eigenvalue weighted by Gasteiger charge is 2.38. The maximum Gasteiger partial charge on any atom is 0.247 e. The first-order chi connectivity index (χ1) is 17.5. The molecule has 184 valence electrons. The van der Waals surface area contributed by atoms with Gasteiger partial charge in [0.15, 0.2) is 0 Å². The molecule has 1 aliphatic rings. The number of fused-ring (bicyclic) bond motifs is 3. The Labute approximate surface area is 213 Å². The molecule has 1 N–H and O–H groups in total. The second-order valence-corrected chi connectivity index (χ2v) is 9.66. The Balaban J connectivity index is 1.56. The van der Waals surface area contributed by atoms with Gasteiger partial charge in [0, 0.05) is 36.6 Å². The number of nitrogens with zero attached hydrogens (tertiary/aromatic N) is 2. The summed E-state index contributed by atoms with van der Waals surface area (Å²) in [6.45, 7) is 0.508. The number of aromatic nitrogens is 1. The van der Waals surface area contributed by atoms with E-state index < -0.39 is 6.04 Å². The molecule has 2 amide bonds. The third kappa shape index (κ3) is 4.56. The van der Waals surface area contributed by atoms with Crippen LogP contribution in [0.4, 0.5) is 4.39 Å². The Bertz CT molecular complexity index is 1420. The molecular formula is C28H26FN3O3S. The number of hydrogen-bond acceptors (Lipinski definition) is 4. The van der Waals surface area contributed by atoms with E-state index in [1.807, 2.05) is 55.6 Å². The topological polar surface area (TPSA) is 63.6 Å². The summed E-state index contributed by atoms with van der Waals surface area (Å²) < 4.78 is 20.7. The number of halogens is 1. The van der Waals surface area contributed by atoms with Crippen LogP contribution >= 0.6 is 11.8 Å². The van der Waals surface area contributed by atoms with Crippen LogP contribution in [0, 0.1) is 5.82 Å². The van der Waals surface area contributed by atoms with Gasteiger partial charge in [0.05, 0.1) is 17.9 Å². The van der Waals surface area contributed by atoms with E-state index in [0.29, 0.717) is 0 Å². The molecule has 0 radical (unpaired) electrons. The number of carbonyl (C=O) groups excluding carboxylic acids is 2. The van der Waals surface area contributed by atoms with Gasteiger partial charge in [-0.2, -0.15) is 0 Å². The van der Waals surface area contributed by atoms with Crippen LogP contribution in [0.1, 0.15) is 22.7 Å². The molecule has 0 fully saturated rings. The number of ether oxygens (including phenoxy) is 1. The highest BCUT2D eigenvalue weighted by atomic mass is 32.2. The normalized spacial score (nSPS) is 15.5. The molecule has 1 aliphatic heterocycles. The van der Waals surface area contributed by atoms with Gasteiger partial charge in [-0.15, -0.1) is 0 Å². The lowest BCUT2D eigenvalue weighted by atomic mass is 10.0. The van der Waals surface area contributed by atoms with E-state index in [2.05, 4.69) is 9.88 Å². The van der Waals surface area contributed by atoms with Crippen molar-refractivity contribution in [2.24, 2.45) is 7.05 Å². The van der Waals surface area contributed by atoms with Crippen molar-refractivity contribution >= 4 is 34.5 Å². The van der Waals surface area contributed by atoms with E-state index in [1.54, 1.807) is 24.1 Å². The summed E-state index contributed by atoms with van der Waals surface area (Å²) in [7, 11) is 3.57. The average molecular weight is 504 g/mol. The average Bonchev–Trinajstić information content (AvgIpc) is 3.09. The van der Waals surface area contributed by atoms with Gasteiger partial charge < -0.3 is 19.5 Å². The summed E-state index contributed by atoms with van der Waals surface area (Å²) in [4.78, 5) is 28.9. The van der Waals surface area contributed by atoms with Gasteiger partial charge in [0.1, 0.15) is 17.6 Å². The molecule has 8 heteroatoms. The van der Waals surface area contributed by atoms with Gasteiger partial charge in [-0.25, -0.2) is 4.39 Å². The van der Waals surface area contributed by atoms with Crippen molar-refractivity contribution in [1.29, 1.82) is 0 Å². The van der Waals surface area contributed by atoms with Crippen molar-refractivity contribution in [3.8, 4) is 5.75 Å². The molecule has 0 spiro atoms. The summed E-state index contributed by atoms with van der Waals surface area (Å²) >= 11 is 1.46. The quantitative estimate of drug-likeness (QED) is 0.410. The molecule has 0 saturated carbocycles. The minimum absolute atomic E-state index is 0.113. The van der Waals surface area contributed by atoms with Crippen LogP contribution in [-0.4, -0.2) is 34.1 Å². The molecule has 2 heterocycles. The Hall–Kier alpha value is -3.78. The molecule has 0 aliphatic carbocycles. The maximum absolute atomic E-state index is 13.8. The Morgan fingerprint density at radius 1 is 1.06 bits per heavy atom. The molecule has 36 heavy (non-hydrogen) atoms. The number of methoxy groups -OCH3 is 1. The number of amides is 2. The van der Waals surface area contributed by atoms with E-state index in [1.165, 1.54) is 23.9 Å². The maximum atomic E-state index is 13.8. The zero-order valence-electron chi connectivity index (χ0n) is 20.0. The number of aryl methyl sites for hydroxylation is 1. The van der Waals surface area contributed by atoms with E-state index in [9.17, 15) is 14.0 Å². The van der Waals surface area contributed by atoms with Gasteiger partial charge in [0.25, 0.3) is 0 Å². The summed E-state index contributed by atoms with van der Waals surface area (Å²) in [5, 5.41) is 4.84. The van der Waals surface area contributed by atoms with Crippen molar-refractivity contribution in [1.82, 2.24) is 14.8 Å². The van der Waals surface area contributed by atoms with Crippen LogP contribution in [0.2, 0.25) is 0 Å². The number of thioether (sulfide) groups is 1. The molecule has 5 rings (SSSR count). The molecule has 6 nitrogen and oxygen atoms in total. The van der Waals surface area contributed by atoms with Gasteiger partial charge in [-0.3, -0.25) is 9.59 Å². The fourth-order valence-electron chi connectivity index (χ4n) is 4.62. The third-order valence-corrected chi connectivity index (χ3v) is 7.63. The molecular weight excluding hydrogens is 477 g/mol. The van der Waals surface area contributed by atoms with Crippen molar-refractivity contribution < 1.29 is 18.7 Å². The van der Waals surface area contributed by atoms with Crippen molar-refractivity contribution in [2.45, 2.75) is 24.2 Å². The lowest BCUT2D eigenvalue weighted by Gasteiger charge is -2.30. The number of rotatable bonds is 6. The number of carbonyl (C=O) groups is 2. The molecule has 1 unspecified atom stereocenters. The van der Waals surface area contributed by atoms with Crippen molar-refractivity contribution in [3.05, 3.63) is 95.3 Å². The van der Waals surface area contributed by atoms with Crippen LogP contribution in [0.5, 0.6) is 5.75 Å². The Kier molecular flexibility index (Phi) is 6.69. The van der Waals surface area contributed by atoms with E-state index in [-0.39, 0.29) is 36.5 Å². The highest BCUT2D eigenvalue weighted by Crippen LogP contribution is 2.42. The molecule has 3 aromatic carbocycles. The smallest absolute Gasteiger partial charge is 0.247 e. The first-order valence-electron chi connectivity index (χ1n) is 11.6. The number of para-hydroxylation sites is 1. The van der Waals surface area contributed by atoms with Crippen LogP contribution in [0.15, 0.2) is 77.8 Å². The fraction of sp³-hybridized carbons (Fsp3) is 0.214. The third-order valence-electron chi connectivity index (χ3n) is 6.47. The lowest BCUT2D eigenvalue weighted by molar-refractivity contribution is -0.139. The minimum atomic E-state index is -0.823. The molecule has 1 aromatic heterocycles. The molecule has 0 bridgehead atoms. The Morgan fingerprint density at radius 2 is 1.75 bits per heavy atom. The summed E-state index contributed by atoms with van der Waals surface area (Å²) in [5.41, 5.74) is 3.51. The van der Waals surface area contributed by atoms with Crippen molar-refractivity contribution in [2.75, 3.05) is 12.9 Å². The predicted octanol–water partition coefficient (Wildman–Crippen LogP) is 4.82. The monoisotopic (exact) mass is 503 g/mol. The predicted molar refractivity (Wildman–Crippen MR) is 138 cm³/mol. The van der Waals surface area contributed by atoms with Gasteiger partial charge in [-0.05, 0) is 41.5 Å². The first kappa shape index (κ1) is 23.9. The minimum Gasteiger partial charge on any atom is -0.497 e. The highest BCUT2D eigenvalue weighted by molar-refractivity contribution is 8.00. The SMILES string of the molecule is COc1ccc(CN2C(=O)CSc3c(c4ccccc4n3C)C2C(=O)NCc2ccc(F)cc2)cc1. The standard InChI is InChI=1S/C28H26FN3O3S/c1-31-23-6-4-3-5-22(23)25-26(27(34)30-15-18-7-11-20(29)12-8-18)32(24(33)17-36-28(25)31)16-19-9-13-21(35-2)14-10-19/h3-14,26H,15-17H2,1-2H3,(H,30,34). The number of hydrogen-bond donors (Lipinski definition) is 1. The molecule has 0 saturated heterocycles. The van der Waals surface area contributed by atoms with Crippen molar-refractivity contribution in [3.63, 3.8) is 0 Å². The first-order valence-corrected chi connectivity index (χ1v) is 12.6. The largest absolute Gasteiger partial charge is 0.497 e. The Morgan fingerprint density at radius 3 is 2.47 bits per heavy atom. The summed E-state index contributed by atoms with van der Waals surface area (Å²) in [5.74, 6) is 0.234. The molecule has 1 atom stereocenters. The van der Waals surface area contributed by atoms with Crippen LogP contribution in [0.3, 0.4) is 0 Å². The van der Waals surface area contributed by atoms with Crippen LogP contribution in [0.25, 0.3) is 10.9 Å². The van der Waals surface area contributed by atoms with Gasteiger partial charge >= 0.3 is 0 Å².